The van der Waals surface area contributed by atoms with Gasteiger partial charge in [0, 0.05) is 12.8 Å². The Hall–Kier alpha value is -1.25. The molecule has 0 saturated carbocycles. The van der Waals surface area contributed by atoms with E-state index in [0.29, 0.717) is 17.4 Å². The van der Waals surface area contributed by atoms with E-state index in [-0.39, 0.29) is 32.0 Å². The van der Waals surface area contributed by atoms with Crippen LogP contribution in [0, 0.1) is 0 Å². The molecular weight excluding hydrogens is 689 g/mol. The molecule has 0 aromatic rings. The number of carbonyl (C=O) groups excluding carboxylic acids is 2. The number of hydrogen-bond donors (Lipinski definition) is 0. The van der Waals surface area contributed by atoms with E-state index in [1.807, 2.05) is 21.1 Å². The molecule has 9 nitrogen and oxygen atoms in total. The van der Waals surface area contributed by atoms with Gasteiger partial charge >= 0.3 is 11.9 Å². The number of phosphoric ester groups is 1. The van der Waals surface area contributed by atoms with Gasteiger partial charge in [0.25, 0.3) is 7.82 Å². The molecule has 0 aromatic heterocycles. The van der Waals surface area contributed by atoms with Crippen LogP contribution in [-0.4, -0.2) is 70.0 Å². The summed E-state index contributed by atoms with van der Waals surface area (Å²) >= 11 is 0. The summed E-state index contributed by atoms with van der Waals surface area (Å²) in [5.41, 5.74) is 0. The van der Waals surface area contributed by atoms with Crippen LogP contribution in [0.3, 0.4) is 0 Å². The van der Waals surface area contributed by atoms with Gasteiger partial charge < -0.3 is 27.9 Å². The van der Waals surface area contributed by atoms with Crippen LogP contribution in [0.4, 0.5) is 0 Å². The average molecular weight is 774 g/mol. The molecule has 2 atom stereocenters. The average Bonchev–Trinajstić information content (AvgIpc) is 3.10. The van der Waals surface area contributed by atoms with Crippen molar-refractivity contribution < 1.29 is 42.1 Å². The molecule has 0 saturated heterocycles. The SMILES string of the molecule is CCC/C=C\CCCCCCCC(=O)OC(COC(=O)CCCCCCCCCCCCCCCCCCCCC)COP(=O)([O-])OCC[N+](C)(C)C. The Labute approximate surface area is 326 Å². The lowest BCUT2D eigenvalue weighted by Gasteiger charge is -2.28. The third kappa shape index (κ3) is 40.2. The standard InChI is InChI=1S/C43H84NO8P/c1-6-8-10-12-14-16-18-19-20-21-22-23-24-25-26-28-29-31-33-35-42(45)49-39-41(40-51-53(47,48)50-38-37-44(3,4)5)52-43(46)36-34-32-30-27-17-15-13-11-9-7-2/h11,13,41H,6-10,12,14-40H2,1-5H3/b13-11-. The summed E-state index contributed by atoms with van der Waals surface area (Å²) in [6, 6.07) is 0. The molecule has 10 heteroatoms. The predicted molar refractivity (Wildman–Crippen MR) is 218 cm³/mol. The second-order valence-electron chi connectivity index (χ2n) is 16.1. The van der Waals surface area contributed by atoms with Crippen LogP contribution in [-0.2, 0) is 32.7 Å². The van der Waals surface area contributed by atoms with Crippen molar-refractivity contribution in [2.24, 2.45) is 0 Å². The fourth-order valence-electron chi connectivity index (χ4n) is 6.07. The van der Waals surface area contributed by atoms with E-state index in [2.05, 4.69) is 26.0 Å². The number of likely N-dealkylation sites (N-methyl/N-ethyl adjacent to an activating group) is 1. The second kappa shape index (κ2) is 36.4. The summed E-state index contributed by atoms with van der Waals surface area (Å²) in [7, 11) is 1.17. The minimum atomic E-state index is -4.62. The maximum Gasteiger partial charge on any atom is 0.306 e. The summed E-state index contributed by atoms with van der Waals surface area (Å²) in [5, 5.41) is 0. The molecule has 0 spiro atoms. The number of rotatable bonds is 40. The van der Waals surface area contributed by atoms with Crippen molar-refractivity contribution in [1.29, 1.82) is 0 Å². The smallest absolute Gasteiger partial charge is 0.306 e. The number of quaternary nitrogens is 1. The van der Waals surface area contributed by atoms with Gasteiger partial charge in [-0.2, -0.15) is 0 Å². The monoisotopic (exact) mass is 774 g/mol. The maximum absolute atomic E-state index is 12.6. The van der Waals surface area contributed by atoms with Crippen LogP contribution < -0.4 is 4.89 Å². The van der Waals surface area contributed by atoms with Gasteiger partial charge in [0.15, 0.2) is 6.10 Å². The molecule has 314 valence electrons. The number of carbonyl (C=O) groups is 2. The molecule has 0 heterocycles. The fraction of sp³-hybridized carbons (Fsp3) is 0.907. The van der Waals surface area contributed by atoms with Crippen LogP contribution >= 0.6 is 7.82 Å². The molecule has 0 amide bonds. The third-order valence-corrected chi connectivity index (χ3v) is 10.5. The van der Waals surface area contributed by atoms with Crippen molar-refractivity contribution in [2.45, 2.75) is 206 Å². The first-order chi connectivity index (χ1) is 25.5. The molecule has 53 heavy (non-hydrogen) atoms. The number of allylic oxidation sites excluding steroid dienone is 2. The zero-order valence-corrected chi connectivity index (χ0v) is 36.1. The number of unbranched alkanes of at least 4 members (excludes halogenated alkanes) is 24. The largest absolute Gasteiger partial charge is 0.756 e. The first-order valence-corrected chi connectivity index (χ1v) is 23.4. The molecule has 2 unspecified atom stereocenters. The molecule has 0 aromatic carbocycles. The first-order valence-electron chi connectivity index (χ1n) is 21.9. The minimum Gasteiger partial charge on any atom is -0.756 e. The summed E-state index contributed by atoms with van der Waals surface area (Å²) < 4.78 is 33.8. The number of esters is 2. The van der Waals surface area contributed by atoms with E-state index in [1.54, 1.807) is 0 Å². The molecule has 0 bridgehead atoms. The van der Waals surface area contributed by atoms with Crippen molar-refractivity contribution in [1.82, 2.24) is 0 Å². The van der Waals surface area contributed by atoms with E-state index in [0.717, 1.165) is 57.8 Å². The minimum absolute atomic E-state index is 0.0296. The Morgan fingerprint density at radius 2 is 1.00 bits per heavy atom. The highest BCUT2D eigenvalue weighted by molar-refractivity contribution is 7.45. The molecule has 0 N–H and O–H groups in total. The zero-order chi connectivity index (χ0) is 39.3. The molecule has 0 aliphatic carbocycles. The van der Waals surface area contributed by atoms with Crippen molar-refractivity contribution in [3.63, 3.8) is 0 Å². The van der Waals surface area contributed by atoms with Gasteiger partial charge in [0.2, 0.25) is 0 Å². The van der Waals surface area contributed by atoms with Crippen molar-refractivity contribution in [3.05, 3.63) is 12.2 Å². The van der Waals surface area contributed by atoms with Crippen LogP contribution in [0.15, 0.2) is 12.2 Å². The lowest BCUT2D eigenvalue weighted by molar-refractivity contribution is -0.870. The van der Waals surface area contributed by atoms with E-state index >= 15 is 0 Å². The highest BCUT2D eigenvalue weighted by Gasteiger charge is 2.21. The van der Waals surface area contributed by atoms with Crippen LogP contribution in [0.5, 0.6) is 0 Å². The van der Waals surface area contributed by atoms with Crippen LogP contribution in [0.1, 0.15) is 200 Å². The number of nitrogens with zero attached hydrogens (tertiary/aromatic N) is 1. The molecule has 0 aliphatic heterocycles. The predicted octanol–water partition coefficient (Wildman–Crippen LogP) is 11.6. The van der Waals surface area contributed by atoms with Crippen LogP contribution in [0.25, 0.3) is 0 Å². The quantitative estimate of drug-likeness (QED) is 0.0199. The Kier molecular flexibility index (Phi) is 35.5. The summed E-state index contributed by atoms with van der Waals surface area (Å²) in [6.07, 6.45) is 36.8. The van der Waals surface area contributed by atoms with Gasteiger partial charge in [-0.1, -0.05) is 167 Å². The Bertz CT molecular complexity index is 922. The van der Waals surface area contributed by atoms with Crippen molar-refractivity contribution in [2.75, 3.05) is 47.5 Å². The van der Waals surface area contributed by atoms with Gasteiger partial charge in [-0.25, -0.2) is 0 Å². The van der Waals surface area contributed by atoms with E-state index in [1.165, 1.54) is 109 Å². The van der Waals surface area contributed by atoms with Gasteiger partial charge in [0.05, 0.1) is 27.7 Å². The molecule has 0 aliphatic rings. The van der Waals surface area contributed by atoms with Gasteiger partial charge in [-0.3, -0.25) is 14.2 Å². The van der Waals surface area contributed by atoms with Gasteiger partial charge in [-0.05, 0) is 32.1 Å². The van der Waals surface area contributed by atoms with Gasteiger partial charge in [0.1, 0.15) is 19.8 Å². The lowest BCUT2D eigenvalue weighted by atomic mass is 10.0. The van der Waals surface area contributed by atoms with Crippen LogP contribution in [0.2, 0.25) is 0 Å². The summed E-state index contributed by atoms with van der Waals surface area (Å²) in [6.45, 7) is 4.17. The second-order valence-corrected chi connectivity index (χ2v) is 17.5. The van der Waals surface area contributed by atoms with E-state index < -0.39 is 26.5 Å². The van der Waals surface area contributed by atoms with Crippen molar-refractivity contribution in [3.8, 4) is 0 Å². The summed E-state index contributed by atoms with van der Waals surface area (Å²) in [5.74, 6) is -0.838. The molecule has 0 radical (unpaired) electrons. The fourth-order valence-corrected chi connectivity index (χ4v) is 6.80. The van der Waals surface area contributed by atoms with E-state index in [9.17, 15) is 19.0 Å². The molecular formula is C43H84NO8P. The third-order valence-electron chi connectivity index (χ3n) is 9.52. The topological polar surface area (TPSA) is 111 Å². The van der Waals surface area contributed by atoms with Crippen molar-refractivity contribution >= 4 is 19.8 Å². The lowest BCUT2D eigenvalue weighted by Crippen LogP contribution is -2.37. The maximum atomic E-state index is 12.6. The first kappa shape index (κ1) is 51.8. The number of ether oxygens (including phenoxy) is 2. The molecule has 0 rings (SSSR count). The van der Waals surface area contributed by atoms with Gasteiger partial charge in [-0.15, -0.1) is 0 Å². The highest BCUT2D eigenvalue weighted by Crippen LogP contribution is 2.38. The van der Waals surface area contributed by atoms with E-state index in [4.69, 9.17) is 18.5 Å². The number of hydrogen-bond acceptors (Lipinski definition) is 8. The highest BCUT2D eigenvalue weighted by atomic mass is 31.2. The number of phosphoric acid groups is 1. The summed E-state index contributed by atoms with van der Waals surface area (Å²) in [4.78, 5) is 37.4. The Morgan fingerprint density at radius 1 is 0.566 bits per heavy atom. The Morgan fingerprint density at radius 3 is 1.47 bits per heavy atom. The normalized spacial score (nSPS) is 13.7. The zero-order valence-electron chi connectivity index (χ0n) is 35.2. The molecule has 0 fully saturated rings. The Balaban J connectivity index is 4.23.